The highest BCUT2D eigenvalue weighted by Gasteiger charge is 2.17. The molecule has 0 amide bonds. The fourth-order valence-electron chi connectivity index (χ4n) is 3.70. The van der Waals surface area contributed by atoms with E-state index in [0.29, 0.717) is 16.6 Å². The molecule has 1 atom stereocenters. The zero-order chi connectivity index (χ0) is 25.0. The molecule has 0 saturated heterocycles. The van der Waals surface area contributed by atoms with Crippen LogP contribution in [0.25, 0.3) is 0 Å². The van der Waals surface area contributed by atoms with Crippen LogP contribution in [0.15, 0.2) is 57.0 Å². The molecule has 0 bridgehead atoms. The van der Waals surface area contributed by atoms with Crippen molar-refractivity contribution < 1.29 is 9.90 Å². The first kappa shape index (κ1) is 25.2. The molecule has 1 aromatic heterocycles. The van der Waals surface area contributed by atoms with Crippen molar-refractivity contribution in [2.75, 3.05) is 0 Å². The van der Waals surface area contributed by atoms with Gasteiger partial charge in [-0.05, 0) is 49.4 Å². The lowest BCUT2D eigenvalue weighted by Crippen LogP contribution is -2.51. The van der Waals surface area contributed by atoms with Gasteiger partial charge in [-0.2, -0.15) is 0 Å². The van der Waals surface area contributed by atoms with Gasteiger partial charge < -0.3 is 5.11 Å². The van der Waals surface area contributed by atoms with Crippen LogP contribution in [0.4, 0.5) is 5.69 Å². The smallest absolute Gasteiger partial charge is 0.335 e. The first-order valence-electron chi connectivity index (χ1n) is 11.1. The summed E-state index contributed by atoms with van der Waals surface area (Å²) in [6.07, 6.45) is 0.456. The van der Waals surface area contributed by atoms with Crippen LogP contribution in [0, 0.1) is 12.8 Å². The monoisotopic (exact) mass is 484 g/mol. The normalized spacial score (nSPS) is 12.8. The molecule has 0 unspecified atom stereocenters. The van der Waals surface area contributed by atoms with Gasteiger partial charge in [0.1, 0.15) is 0 Å². The maximum Gasteiger partial charge on any atom is 0.335 e. The number of hydrogen-bond donors (Lipinski definition) is 2. The second kappa shape index (κ2) is 10.7. The highest BCUT2D eigenvalue weighted by atomic mass is 35.5. The summed E-state index contributed by atoms with van der Waals surface area (Å²) in [5, 5.41) is 9.71. The Labute approximate surface area is 202 Å². The van der Waals surface area contributed by atoms with Crippen molar-refractivity contribution in [1.29, 1.82) is 0 Å². The molecule has 9 heteroatoms. The van der Waals surface area contributed by atoms with E-state index in [9.17, 15) is 14.4 Å². The van der Waals surface area contributed by atoms with Crippen LogP contribution < -0.4 is 17.0 Å². The zero-order valence-corrected chi connectivity index (χ0v) is 20.5. The lowest BCUT2D eigenvalue weighted by atomic mass is 10.0. The third kappa shape index (κ3) is 6.14. The van der Waals surface area contributed by atoms with Crippen LogP contribution in [-0.4, -0.2) is 25.2 Å². The van der Waals surface area contributed by atoms with Gasteiger partial charge in [0.2, 0.25) is 5.62 Å². The number of carboxylic acid groups (broad SMARTS) is 1. The lowest BCUT2D eigenvalue weighted by Gasteiger charge is -2.15. The fraction of sp³-hybridized carbons (Fsp3) is 0.360. The Balaban J connectivity index is 2.18. The van der Waals surface area contributed by atoms with Crippen LogP contribution in [0.2, 0.25) is 5.02 Å². The molecule has 3 aromatic rings. The molecule has 0 spiro atoms. The van der Waals surface area contributed by atoms with Gasteiger partial charge in [0.25, 0.3) is 0 Å². The number of aliphatic carboxylic acids is 1. The van der Waals surface area contributed by atoms with Gasteiger partial charge in [0, 0.05) is 5.02 Å². The SMILES string of the molecule is Cc1ccc(Cn2c(=O)n([C@@H](C)CC(=O)O)c(=O)[nH]/c2=N\c2ccc(CC(C)C)c(Cl)c2)cc1. The van der Waals surface area contributed by atoms with Crippen molar-refractivity contribution in [2.24, 2.45) is 10.9 Å². The van der Waals surface area contributed by atoms with E-state index in [-0.39, 0.29) is 18.6 Å². The molecule has 1 heterocycles. The molecule has 0 saturated carbocycles. The Morgan fingerprint density at radius 1 is 1.12 bits per heavy atom. The number of benzene rings is 2. The average molecular weight is 485 g/mol. The minimum Gasteiger partial charge on any atom is -0.481 e. The summed E-state index contributed by atoms with van der Waals surface area (Å²) in [7, 11) is 0. The minimum atomic E-state index is -1.10. The van der Waals surface area contributed by atoms with E-state index < -0.39 is 23.4 Å². The molecule has 0 fully saturated rings. The molecular weight excluding hydrogens is 456 g/mol. The molecule has 0 aliphatic carbocycles. The number of carbonyl (C=O) groups is 1. The number of carboxylic acids is 1. The van der Waals surface area contributed by atoms with Gasteiger partial charge in [0.05, 0.1) is 24.7 Å². The summed E-state index contributed by atoms with van der Waals surface area (Å²) in [4.78, 5) is 44.5. The first-order chi connectivity index (χ1) is 16.0. The minimum absolute atomic E-state index is 0.0574. The van der Waals surface area contributed by atoms with E-state index >= 15 is 0 Å². The molecule has 0 radical (unpaired) electrons. The van der Waals surface area contributed by atoms with Crippen molar-refractivity contribution in [1.82, 2.24) is 14.1 Å². The summed E-state index contributed by atoms with van der Waals surface area (Å²) < 4.78 is 2.25. The second-order valence-corrected chi connectivity index (χ2v) is 9.32. The number of halogens is 1. The van der Waals surface area contributed by atoms with Crippen molar-refractivity contribution in [3.05, 3.63) is 90.8 Å². The number of aryl methyl sites for hydroxylation is 1. The van der Waals surface area contributed by atoms with E-state index in [1.807, 2.05) is 37.3 Å². The highest BCUT2D eigenvalue weighted by Crippen LogP contribution is 2.24. The van der Waals surface area contributed by atoms with Gasteiger partial charge in [-0.25, -0.2) is 19.1 Å². The van der Waals surface area contributed by atoms with E-state index in [1.54, 1.807) is 12.1 Å². The quantitative estimate of drug-likeness (QED) is 0.506. The molecule has 3 rings (SSSR count). The zero-order valence-electron chi connectivity index (χ0n) is 19.7. The highest BCUT2D eigenvalue weighted by molar-refractivity contribution is 6.31. The van der Waals surface area contributed by atoms with E-state index in [4.69, 9.17) is 16.7 Å². The lowest BCUT2D eigenvalue weighted by molar-refractivity contribution is -0.137. The number of aromatic amines is 1. The Morgan fingerprint density at radius 2 is 1.79 bits per heavy atom. The molecular formula is C25H29ClN4O4. The Hall–Kier alpha value is -3.39. The Bertz CT molecular complexity index is 1370. The van der Waals surface area contributed by atoms with Crippen molar-refractivity contribution in [3.8, 4) is 0 Å². The summed E-state index contributed by atoms with van der Waals surface area (Å²) >= 11 is 6.44. The molecule has 0 aliphatic rings. The molecule has 180 valence electrons. The third-order valence-electron chi connectivity index (χ3n) is 5.40. The van der Waals surface area contributed by atoms with Crippen LogP contribution in [-0.2, 0) is 17.8 Å². The van der Waals surface area contributed by atoms with Crippen LogP contribution in [0.3, 0.4) is 0 Å². The van der Waals surface area contributed by atoms with Crippen LogP contribution in [0.1, 0.15) is 49.9 Å². The molecule has 0 aliphatic heterocycles. The van der Waals surface area contributed by atoms with Gasteiger partial charge in [-0.3, -0.25) is 14.3 Å². The number of H-pyrrole nitrogens is 1. The van der Waals surface area contributed by atoms with Crippen LogP contribution in [0.5, 0.6) is 0 Å². The Kier molecular flexibility index (Phi) is 7.94. The summed E-state index contributed by atoms with van der Waals surface area (Å²) in [5.74, 6) is -0.664. The maximum atomic E-state index is 13.4. The van der Waals surface area contributed by atoms with E-state index in [1.165, 1.54) is 11.5 Å². The standard InChI is InChI=1S/C25H29ClN4O4/c1-15(2)11-19-9-10-20(13-21(19)26)27-23-28-24(33)30(17(4)12-22(31)32)25(34)29(23)14-18-7-5-16(3)6-8-18/h5-10,13,15,17H,11-12,14H2,1-4H3,(H,31,32)(H,27,28,33)/t17-/m0/s1. The van der Waals surface area contributed by atoms with Gasteiger partial charge in [0.15, 0.2) is 0 Å². The summed E-state index contributed by atoms with van der Waals surface area (Å²) in [6.45, 7) is 7.84. The van der Waals surface area contributed by atoms with E-state index in [2.05, 4.69) is 23.8 Å². The number of rotatable bonds is 8. The molecule has 34 heavy (non-hydrogen) atoms. The number of nitrogens with one attached hydrogen (secondary N) is 1. The summed E-state index contributed by atoms with van der Waals surface area (Å²) in [6, 6.07) is 12.2. The second-order valence-electron chi connectivity index (χ2n) is 8.91. The predicted molar refractivity (Wildman–Crippen MR) is 132 cm³/mol. The number of aromatic nitrogens is 3. The molecule has 8 nitrogen and oxygen atoms in total. The topological polar surface area (TPSA) is 109 Å². The predicted octanol–water partition coefficient (Wildman–Crippen LogP) is 3.81. The number of hydrogen-bond acceptors (Lipinski definition) is 4. The molecule has 2 aromatic carbocycles. The van der Waals surface area contributed by atoms with Gasteiger partial charge in [-0.15, -0.1) is 0 Å². The maximum absolute atomic E-state index is 13.4. The average Bonchev–Trinajstić information content (AvgIpc) is 2.73. The van der Waals surface area contributed by atoms with Gasteiger partial charge in [-0.1, -0.05) is 61.3 Å². The summed E-state index contributed by atoms with van der Waals surface area (Å²) in [5.41, 5.74) is 2.08. The molecule has 2 N–H and O–H groups in total. The van der Waals surface area contributed by atoms with Crippen molar-refractivity contribution in [3.63, 3.8) is 0 Å². The Morgan fingerprint density at radius 3 is 2.38 bits per heavy atom. The van der Waals surface area contributed by atoms with Crippen molar-refractivity contribution in [2.45, 2.75) is 53.1 Å². The van der Waals surface area contributed by atoms with Crippen molar-refractivity contribution >= 4 is 23.3 Å². The van der Waals surface area contributed by atoms with E-state index in [0.717, 1.165) is 27.7 Å². The third-order valence-corrected chi connectivity index (χ3v) is 5.75. The first-order valence-corrected chi connectivity index (χ1v) is 11.5. The van der Waals surface area contributed by atoms with Gasteiger partial charge >= 0.3 is 17.3 Å². The fourth-order valence-corrected chi connectivity index (χ4v) is 3.96. The van der Waals surface area contributed by atoms with Crippen LogP contribution >= 0.6 is 11.6 Å². The number of nitrogens with zero attached hydrogens (tertiary/aromatic N) is 3. The largest absolute Gasteiger partial charge is 0.481 e.